The third-order valence-electron chi connectivity index (χ3n) is 4.68. The normalized spacial score (nSPS) is 13.2. The highest BCUT2D eigenvalue weighted by molar-refractivity contribution is 7.16. The van der Waals surface area contributed by atoms with Crippen LogP contribution in [0.2, 0.25) is 0 Å². The molecule has 3 rings (SSSR count). The highest BCUT2D eigenvalue weighted by Gasteiger charge is 2.26. The number of carbonyl (C=O) groups excluding carboxylic acids is 1. The molecule has 0 amide bonds. The van der Waals surface area contributed by atoms with Gasteiger partial charge < -0.3 is 14.2 Å². The van der Waals surface area contributed by atoms with Gasteiger partial charge in [-0.05, 0) is 44.2 Å². The molecule has 154 valence electrons. The molecule has 0 aliphatic heterocycles. The molecular weight excluding hydrogens is 396 g/mol. The summed E-state index contributed by atoms with van der Waals surface area (Å²) in [7, 11) is 2.87. The van der Waals surface area contributed by atoms with E-state index in [1.54, 1.807) is 6.92 Å². The van der Waals surface area contributed by atoms with Gasteiger partial charge in [-0.3, -0.25) is 10.1 Å². The number of fused-ring (bicyclic) bond motifs is 1. The molecular formula is C20H22N2O6S. The Kier molecular flexibility index (Phi) is 6.48. The van der Waals surface area contributed by atoms with Gasteiger partial charge in [0.15, 0.2) is 11.5 Å². The number of methoxy groups -OCH3 is 2. The number of thiophene rings is 1. The van der Waals surface area contributed by atoms with E-state index in [4.69, 9.17) is 14.2 Å². The number of benzene rings is 1. The predicted octanol–water partition coefficient (Wildman–Crippen LogP) is 4.48. The zero-order chi connectivity index (χ0) is 21.0. The number of nitrogens with zero attached hydrogens (tertiary/aromatic N) is 2. The van der Waals surface area contributed by atoms with Crippen LogP contribution in [0.3, 0.4) is 0 Å². The Bertz CT molecular complexity index is 966. The molecule has 1 aromatic heterocycles. The summed E-state index contributed by atoms with van der Waals surface area (Å²) in [6.07, 6.45) is 5.19. The molecule has 1 aliphatic rings. The molecule has 0 N–H and O–H groups in total. The molecule has 0 bridgehead atoms. The Labute approximate surface area is 172 Å². The zero-order valence-corrected chi connectivity index (χ0v) is 17.3. The van der Waals surface area contributed by atoms with Crippen LogP contribution in [0.25, 0.3) is 0 Å². The first-order valence-electron chi connectivity index (χ1n) is 9.26. The summed E-state index contributed by atoms with van der Waals surface area (Å²) >= 11 is 1.44. The molecule has 0 fully saturated rings. The fourth-order valence-corrected chi connectivity index (χ4v) is 4.55. The minimum Gasteiger partial charge on any atom is -0.493 e. The summed E-state index contributed by atoms with van der Waals surface area (Å²) < 4.78 is 15.6. The van der Waals surface area contributed by atoms with Gasteiger partial charge in [0.05, 0.1) is 42.9 Å². The SMILES string of the molecule is CCOC(=O)c1c(N=Cc2cc(OC)c(OC)cc2[N+](=O)[O-])sc2c1CCCC2. The molecule has 29 heavy (non-hydrogen) atoms. The largest absolute Gasteiger partial charge is 0.493 e. The number of esters is 1. The van der Waals surface area contributed by atoms with Crippen molar-refractivity contribution in [2.75, 3.05) is 20.8 Å². The van der Waals surface area contributed by atoms with Crippen molar-refractivity contribution in [1.82, 2.24) is 0 Å². The maximum atomic E-state index is 12.5. The lowest BCUT2D eigenvalue weighted by Gasteiger charge is -2.11. The van der Waals surface area contributed by atoms with E-state index in [0.717, 1.165) is 36.1 Å². The fourth-order valence-electron chi connectivity index (χ4n) is 3.33. The van der Waals surface area contributed by atoms with E-state index in [0.29, 0.717) is 16.3 Å². The smallest absolute Gasteiger partial charge is 0.341 e. The average Bonchev–Trinajstić information content (AvgIpc) is 3.10. The number of hydrogen-bond donors (Lipinski definition) is 0. The fraction of sp³-hybridized carbons (Fsp3) is 0.400. The second-order valence-corrected chi connectivity index (χ2v) is 7.48. The Morgan fingerprint density at radius 3 is 2.59 bits per heavy atom. The van der Waals surface area contributed by atoms with Gasteiger partial charge in [-0.1, -0.05) is 0 Å². The van der Waals surface area contributed by atoms with Crippen LogP contribution in [-0.2, 0) is 17.6 Å². The molecule has 0 saturated heterocycles. The maximum Gasteiger partial charge on any atom is 0.341 e. The second-order valence-electron chi connectivity index (χ2n) is 6.39. The van der Waals surface area contributed by atoms with E-state index in [9.17, 15) is 14.9 Å². The first kappa shape index (κ1) is 20.8. The molecule has 0 spiro atoms. The molecule has 8 nitrogen and oxygen atoms in total. The number of nitro benzene ring substituents is 1. The summed E-state index contributed by atoms with van der Waals surface area (Å²) in [5, 5.41) is 12.0. The number of rotatable bonds is 7. The van der Waals surface area contributed by atoms with Crippen LogP contribution in [0.5, 0.6) is 11.5 Å². The minimum atomic E-state index is -0.505. The van der Waals surface area contributed by atoms with Crippen molar-refractivity contribution in [2.24, 2.45) is 4.99 Å². The van der Waals surface area contributed by atoms with Crippen molar-refractivity contribution >= 4 is 34.2 Å². The second kappa shape index (κ2) is 9.04. The predicted molar refractivity (Wildman–Crippen MR) is 110 cm³/mol. The highest BCUT2D eigenvalue weighted by Crippen LogP contribution is 2.41. The molecule has 1 aliphatic carbocycles. The van der Waals surface area contributed by atoms with E-state index in [1.165, 1.54) is 43.9 Å². The molecule has 0 unspecified atom stereocenters. The maximum absolute atomic E-state index is 12.5. The van der Waals surface area contributed by atoms with E-state index in [1.807, 2.05) is 0 Å². The monoisotopic (exact) mass is 418 g/mol. The van der Waals surface area contributed by atoms with E-state index in [2.05, 4.69) is 4.99 Å². The molecule has 0 saturated carbocycles. The van der Waals surface area contributed by atoms with Gasteiger partial charge in [-0.2, -0.15) is 0 Å². The third kappa shape index (κ3) is 4.24. The standard InChI is InChI=1S/C20H22N2O6S/c1-4-28-20(23)18-13-7-5-6-8-17(13)29-19(18)21-11-12-9-15(26-2)16(27-3)10-14(12)22(24)25/h9-11H,4-8H2,1-3H3. The molecule has 2 aromatic rings. The lowest BCUT2D eigenvalue weighted by Crippen LogP contribution is -2.09. The topological polar surface area (TPSA) is 100 Å². The van der Waals surface area contributed by atoms with Crippen LogP contribution in [-0.4, -0.2) is 37.9 Å². The quantitative estimate of drug-likeness (QED) is 0.284. The number of ether oxygens (including phenoxy) is 3. The van der Waals surface area contributed by atoms with E-state index < -0.39 is 10.9 Å². The van der Waals surface area contributed by atoms with E-state index in [-0.39, 0.29) is 23.6 Å². The van der Waals surface area contributed by atoms with Crippen LogP contribution in [0.15, 0.2) is 17.1 Å². The number of aliphatic imine (C=N–C) groups is 1. The van der Waals surface area contributed by atoms with Crippen molar-refractivity contribution in [3.05, 3.63) is 43.8 Å². The molecule has 1 heterocycles. The summed E-state index contributed by atoms with van der Waals surface area (Å²) in [5.74, 6) is 0.214. The first-order valence-corrected chi connectivity index (χ1v) is 10.1. The molecule has 0 atom stereocenters. The Hall–Kier alpha value is -2.94. The third-order valence-corrected chi connectivity index (χ3v) is 5.88. The Morgan fingerprint density at radius 2 is 1.93 bits per heavy atom. The lowest BCUT2D eigenvalue weighted by molar-refractivity contribution is -0.385. The van der Waals surface area contributed by atoms with Crippen LogP contribution >= 0.6 is 11.3 Å². The lowest BCUT2D eigenvalue weighted by atomic mass is 9.95. The summed E-state index contributed by atoms with van der Waals surface area (Å²) in [5.41, 5.74) is 1.57. The molecule has 0 radical (unpaired) electrons. The van der Waals surface area contributed by atoms with Gasteiger partial charge in [0.1, 0.15) is 5.00 Å². The summed E-state index contributed by atoms with van der Waals surface area (Å²) in [6.45, 7) is 2.03. The van der Waals surface area contributed by atoms with Gasteiger partial charge in [0.25, 0.3) is 5.69 Å². The van der Waals surface area contributed by atoms with Crippen molar-refractivity contribution in [1.29, 1.82) is 0 Å². The van der Waals surface area contributed by atoms with Gasteiger partial charge in [0, 0.05) is 11.1 Å². The van der Waals surface area contributed by atoms with Crippen molar-refractivity contribution in [3.63, 3.8) is 0 Å². The van der Waals surface area contributed by atoms with Crippen molar-refractivity contribution in [3.8, 4) is 11.5 Å². The van der Waals surface area contributed by atoms with Crippen LogP contribution in [0.4, 0.5) is 10.7 Å². The van der Waals surface area contributed by atoms with Gasteiger partial charge in [-0.25, -0.2) is 9.79 Å². The molecule has 9 heteroatoms. The van der Waals surface area contributed by atoms with Gasteiger partial charge >= 0.3 is 5.97 Å². The van der Waals surface area contributed by atoms with Gasteiger partial charge in [-0.15, -0.1) is 11.3 Å². The van der Waals surface area contributed by atoms with Crippen LogP contribution in [0.1, 0.15) is 46.1 Å². The first-order chi connectivity index (χ1) is 14.0. The van der Waals surface area contributed by atoms with Crippen LogP contribution < -0.4 is 9.47 Å². The number of aryl methyl sites for hydroxylation is 1. The number of nitro groups is 1. The van der Waals surface area contributed by atoms with Gasteiger partial charge in [0.2, 0.25) is 0 Å². The summed E-state index contributed by atoms with van der Waals surface area (Å²) in [6, 6.07) is 2.80. The van der Waals surface area contributed by atoms with Crippen molar-refractivity contribution in [2.45, 2.75) is 32.6 Å². The van der Waals surface area contributed by atoms with E-state index >= 15 is 0 Å². The highest BCUT2D eigenvalue weighted by atomic mass is 32.1. The molecule has 1 aromatic carbocycles. The summed E-state index contributed by atoms with van der Waals surface area (Å²) in [4.78, 5) is 29.1. The zero-order valence-electron chi connectivity index (χ0n) is 16.5. The Balaban J connectivity index is 2.07. The minimum absolute atomic E-state index is 0.162. The van der Waals surface area contributed by atoms with Crippen LogP contribution in [0, 0.1) is 10.1 Å². The van der Waals surface area contributed by atoms with Crippen molar-refractivity contribution < 1.29 is 23.9 Å². The average molecular weight is 418 g/mol. The number of carbonyl (C=O) groups is 1. The number of hydrogen-bond acceptors (Lipinski definition) is 8. The Morgan fingerprint density at radius 1 is 1.24 bits per heavy atom.